The van der Waals surface area contributed by atoms with Gasteiger partial charge in [-0.2, -0.15) is 0 Å². The highest BCUT2D eigenvalue weighted by atomic mass is 79.9. The van der Waals surface area contributed by atoms with Crippen LogP contribution in [0.1, 0.15) is 10.4 Å². The molecule has 0 saturated heterocycles. The summed E-state index contributed by atoms with van der Waals surface area (Å²) < 4.78 is 6.48. The molecule has 0 N–H and O–H groups in total. The molecule has 0 radical (unpaired) electrons. The van der Waals surface area contributed by atoms with E-state index in [4.69, 9.17) is 16.3 Å². The normalized spacial score (nSPS) is 10.4. The highest BCUT2D eigenvalue weighted by molar-refractivity contribution is 9.10. The second-order valence-corrected chi connectivity index (χ2v) is 5.89. The van der Waals surface area contributed by atoms with E-state index >= 15 is 0 Å². The zero-order valence-corrected chi connectivity index (χ0v) is 12.8. The monoisotopic (exact) mass is 361 g/mol. The zero-order chi connectivity index (χ0) is 13.8. The molecule has 1 aromatic heterocycles. The summed E-state index contributed by atoms with van der Waals surface area (Å²) in [5.74, 6) is 0.488. The largest absolute Gasteiger partial charge is 0.481 e. The molecule has 0 atom stereocenters. The quantitative estimate of drug-likeness (QED) is 0.439. The number of hydrogen-bond acceptors (Lipinski definition) is 4. The average Bonchev–Trinajstić information content (AvgIpc) is 2.82. The smallest absolute Gasteiger partial charge is 0.311 e. The van der Waals surface area contributed by atoms with Gasteiger partial charge in [0.05, 0.1) is 4.92 Å². The average molecular weight is 363 g/mol. The third-order valence-electron chi connectivity index (χ3n) is 2.37. The Labute approximate surface area is 127 Å². The summed E-state index contributed by atoms with van der Waals surface area (Å²) in [5.41, 5.74) is 0.633. The van der Waals surface area contributed by atoms with Gasteiger partial charge in [-0.15, -0.1) is 22.9 Å². The van der Waals surface area contributed by atoms with Gasteiger partial charge >= 0.3 is 5.69 Å². The highest BCUT2D eigenvalue weighted by Gasteiger charge is 2.16. The molecule has 0 bridgehead atoms. The van der Waals surface area contributed by atoms with Crippen LogP contribution in [0.5, 0.6) is 5.75 Å². The summed E-state index contributed by atoms with van der Waals surface area (Å²) in [6.45, 7) is 0.303. The second-order valence-electron chi connectivity index (χ2n) is 3.71. The number of alkyl halides is 1. The van der Waals surface area contributed by atoms with Crippen molar-refractivity contribution in [2.45, 2.75) is 12.5 Å². The number of nitrogens with zero attached hydrogens (tertiary/aromatic N) is 1. The fourth-order valence-corrected chi connectivity index (χ4v) is 3.02. The third-order valence-corrected chi connectivity index (χ3v) is 4.35. The Hall–Kier alpha value is -1.11. The number of benzene rings is 1. The Morgan fingerprint density at radius 2 is 2.21 bits per heavy atom. The Bertz CT molecular complexity index is 602. The molecule has 7 heteroatoms. The van der Waals surface area contributed by atoms with E-state index in [1.165, 1.54) is 17.4 Å². The van der Waals surface area contributed by atoms with E-state index in [1.54, 1.807) is 12.1 Å². The van der Waals surface area contributed by atoms with Crippen molar-refractivity contribution in [3.63, 3.8) is 0 Å². The first-order chi connectivity index (χ1) is 9.10. The molecule has 2 rings (SSSR count). The van der Waals surface area contributed by atoms with E-state index in [0.29, 0.717) is 12.2 Å². The third kappa shape index (κ3) is 3.68. The van der Waals surface area contributed by atoms with Gasteiger partial charge in [-0.05, 0) is 33.6 Å². The molecule has 0 aliphatic heterocycles. The van der Waals surface area contributed by atoms with Crippen molar-refractivity contribution in [3.05, 3.63) is 54.7 Å². The van der Waals surface area contributed by atoms with E-state index in [0.717, 1.165) is 9.35 Å². The van der Waals surface area contributed by atoms with Crippen LogP contribution in [0.2, 0.25) is 0 Å². The predicted molar refractivity (Wildman–Crippen MR) is 79.0 cm³/mol. The van der Waals surface area contributed by atoms with Crippen molar-refractivity contribution in [3.8, 4) is 5.75 Å². The molecule has 100 valence electrons. The summed E-state index contributed by atoms with van der Waals surface area (Å²) in [6.07, 6.45) is 0. The molecule has 2 aromatic rings. The van der Waals surface area contributed by atoms with Crippen molar-refractivity contribution >= 4 is 44.6 Å². The first kappa shape index (κ1) is 14.3. The lowest BCUT2D eigenvalue weighted by Gasteiger charge is -2.06. The second kappa shape index (κ2) is 6.36. The minimum Gasteiger partial charge on any atom is -0.481 e. The molecule has 1 aromatic carbocycles. The number of thiophene rings is 1. The minimum atomic E-state index is -0.463. The number of nitro groups is 1. The molecule has 0 amide bonds. The lowest BCUT2D eigenvalue weighted by atomic mass is 10.2. The maximum Gasteiger partial charge on any atom is 0.311 e. The summed E-state index contributed by atoms with van der Waals surface area (Å²) >= 11 is 10.5. The first-order valence-electron chi connectivity index (χ1n) is 5.29. The lowest BCUT2D eigenvalue weighted by molar-refractivity contribution is -0.386. The summed E-state index contributed by atoms with van der Waals surface area (Å²) in [5, 5.41) is 12.9. The molecule has 0 saturated carbocycles. The molecule has 0 fully saturated rings. The maximum absolute atomic E-state index is 11.0. The molecule has 0 unspecified atom stereocenters. The van der Waals surface area contributed by atoms with Gasteiger partial charge in [0.2, 0.25) is 0 Å². The van der Waals surface area contributed by atoms with Gasteiger partial charge in [-0.3, -0.25) is 10.1 Å². The van der Waals surface area contributed by atoms with Crippen LogP contribution in [-0.2, 0) is 12.5 Å². The minimum absolute atomic E-state index is 0.0613. The van der Waals surface area contributed by atoms with Crippen LogP contribution in [0.4, 0.5) is 5.69 Å². The van der Waals surface area contributed by atoms with Gasteiger partial charge < -0.3 is 4.74 Å². The standard InChI is InChI=1S/C12H9BrClNO3S/c13-9-4-10(19-7-9)6-18-12-2-1-8(5-14)3-11(12)15(16)17/h1-4,7H,5-6H2. The van der Waals surface area contributed by atoms with Gasteiger partial charge in [0.15, 0.2) is 5.75 Å². The van der Waals surface area contributed by atoms with E-state index in [1.807, 2.05) is 11.4 Å². The Balaban J connectivity index is 2.17. The Kier molecular flexibility index (Phi) is 4.79. The van der Waals surface area contributed by atoms with Crippen molar-refractivity contribution in [2.75, 3.05) is 0 Å². The van der Waals surface area contributed by atoms with Crippen molar-refractivity contribution < 1.29 is 9.66 Å². The van der Waals surface area contributed by atoms with Crippen LogP contribution in [-0.4, -0.2) is 4.92 Å². The summed E-state index contributed by atoms with van der Waals surface area (Å²) in [7, 11) is 0. The molecular formula is C12H9BrClNO3S. The van der Waals surface area contributed by atoms with E-state index in [9.17, 15) is 10.1 Å². The number of hydrogen-bond donors (Lipinski definition) is 0. The summed E-state index contributed by atoms with van der Waals surface area (Å²) in [6, 6.07) is 6.66. The fraction of sp³-hybridized carbons (Fsp3) is 0.167. The van der Waals surface area contributed by atoms with Crippen LogP contribution < -0.4 is 4.74 Å². The number of ether oxygens (including phenoxy) is 1. The molecule has 1 heterocycles. The van der Waals surface area contributed by atoms with Gasteiger partial charge in [0.25, 0.3) is 0 Å². The number of rotatable bonds is 5. The Morgan fingerprint density at radius 1 is 1.42 bits per heavy atom. The first-order valence-corrected chi connectivity index (χ1v) is 7.50. The lowest BCUT2D eigenvalue weighted by Crippen LogP contribution is -1.98. The van der Waals surface area contributed by atoms with Gasteiger partial charge in [0.1, 0.15) is 6.61 Å². The van der Waals surface area contributed by atoms with Crippen LogP contribution in [0.15, 0.2) is 34.1 Å². The van der Waals surface area contributed by atoms with Crippen LogP contribution in [0, 0.1) is 10.1 Å². The van der Waals surface area contributed by atoms with E-state index in [2.05, 4.69) is 15.9 Å². The van der Waals surface area contributed by atoms with Crippen LogP contribution in [0.3, 0.4) is 0 Å². The topological polar surface area (TPSA) is 52.4 Å². The molecule has 19 heavy (non-hydrogen) atoms. The van der Waals surface area contributed by atoms with Gasteiger partial charge in [-0.1, -0.05) is 6.07 Å². The van der Waals surface area contributed by atoms with E-state index < -0.39 is 4.92 Å². The van der Waals surface area contributed by atoms with Crippen molar-refractivity contribution in [2.24, 2.45) is 0 Å². The van der Waals surface area contributed by atoms with Gasteiger partial charge in [-0.25, -0.2) is 0 Å². The Morgan fingerprint density at radius 3 is 2.79 bits per heavy atom. The molecule has 0 aliphatic rings. The SMILES string of the molecule is O=[N+]([O-])c1cc(CCl)ccc1OCc1cc(Br)cs1. The van der Waals surface area contributed by atoms with E-state index in [-0.39, 0.29) is 17.3 Å². The molecular weight excluding hydrogens is 354 g/mol. The maximum atomic E-state index is 11.0. The number of halogens is 2. The van der Waals surface area contributed by atoms with Crippen molar-refractivity contribution in [1.29, 1.82) is 0 Å². The van der Waals surface area contributed by atoms with Crippen LogP contribution in [0.25, 0.3) is 0 Å². The molecule has 4 nitrogen and oxygen atoms in total. The zero-order valence-electron chi connectivity index (χ0n) is 9.64. The molecule has 0 aliphatic carbocycles. The number of nitro benzene ring substituents is 1. The van der Waals surface area contributed by atoms with Crippen molar-refractivity contribution in [1.82, 2.24) is 0 Å². The van der Waals surface area contributed by atoms with Gasteiger partial charge in [0, 0.05) is 26.7 Å². The fourth-order valence-electron chi connectivity index (χ4n) is 1.49. The molecule has 0 spiro atoms. The highest BCUT2D eigenvalue weighted by Crippen LogP contribution is 2.30. The predicted octanol–water partition coefficient (Wildman–Crippen LogP) is 4.74. The van der Waals surface area contributed by atoms with Crippen LogP contribution >= 0.6 is 38.9 Å². The summed E-state index contributed by atoms with van der Waals surface area (Å²) in [4.78, 5) is 11.5.